The second-order valence-electron chi connectivity index (χ2n) is 3.67. The molecule has 0 unspecified atom stereocenters. The van der Waals surface area contributed by atoms with Crippen molar-refractivity contribution >= 4 is 11.8 Å². The van der Waals surface area contributed by atoms with Crippen molar-refractivity contribution in [2.24, 2.45) is 0 Å². The van der Waals surface area contributed by atoms with Gasteiger partial charge in [0, 0.05) is 19.2 Å². The summed E-state index contributed by atoms with van der Waals surface area (Å²) in [5.74, 6) is 0.321. The van der Waals surface area contributed by atoms with Crippen LogP contribution < -0.4 is 10.1 Å². The van der Waals surface area contributed by atoms with Gasteiger partial charge in [0.25, 0.3) is 6.43 Å². The molecule has 7 heteroatoms. The minimum Gasteiger partial charge on any atom is -0.472 e. The predicted molar refractivity (Wildman–Crippen MR) is 67.7 cm³/mol. The Balaban J connectivity index is 2.63. The van der Waals surface area contributed by atoms with Crippen molar-refractivity contribution in [2.75, 3.05) is 25.0 Å². The summed E-state index contributed by atoms with van der Waals surface area (Å²) in [6.07, 6.45) is -2.56. The van der Waals surface area contributed by atoms with Crippen LogP contribution in [-0.4, -0.2) is 42.0 Å². The fourth-order valence-corrected chi connectivity index (χ4v) is 1.41. The number of hydrogen-bond donors (Lipinski definition) is 1. The number of nitrogens with zero attached hydrogens (tertiary/aromatic N) is 2. The molecule has 0 saturated heterocycles. The topological polar surface area (TPSA) is 54.5 Å². The van der Waals surface area contributed by atoms with Gasteiger partial charge in [-0.15, -0.1) is 0 Å². The minimum absolute atomic E-state index is 0.0534. The third-order valence-corrected chi connectivity index (χ3v) is 2.37. The molecule has 0 spiro atoms. The van der Waals surface area contributed by atoms with E-state index in [1.807, 2.05) is 13.8 Å². The summed E-state index contributed by atoms with van der Waals surface area (Å²) in [4.78, 5) is 17.3. The monoisotopic (exact) mass is 273 g/mol. The van der Waals surface area contributed by atoms with Crippen LogP contribution in [0.25, 0.3) is 0 Å². The highest BCUT2D eigenvalue weighted by atomic mass is 19.3. The molecule has 0 atom stereocenters. The number of carbonyl (C=O) groups is 1. The van der Waals surface area contributed by atoms with Gasteiger partial charge in [-0.25, -0.2) is 13.6 Å². The van der Waals surface area contributed by atoms with Crippen LogP contribution in [0.15, 0.2) is 18.2 Å². The van der Waals surface area contributed by atoms with Crippen LogP contribution in [0.4, 0.5) is 19.4 Å². The summed E-state index contributed by atoms with van der Waals surface area (Å²) in [5.41, 5.74) is 0. The zero-order valence-electron chi connectivity index (χ0n) is 10.9. The average molecular weight is 273 g/mol. The zero-order valence-corrected chi connectivity index (χ0v) is 10.9. The molecule has 19 heavy (non-hydrogen) atoms. The Hall–Kier alpha value is -1.92. The van der Waals surface area contributed by atoms with Crippen LogP contribution in [0, 0.1) is 0 Å². The number of alkyl halides is 2. The Morgan fingerprint density at radius 1 is 1.42 bits per heavy atom. The Kier molecular flexibility index (Phi) is 5.98. The Morgan fingerprint density at radius 3 is 2.68 bits per heavy atom. The second-order valence-corrected chi connectivity index (χ2v) is 3.67. The maximum absolute atomic E-state index is 12.0. The maximum atomic E-state index is 12.0. The first-order valence-corrected chi connectivity index (χ1v) is 6.00. The normalized spacial score (nSPS) is 10.4. The largest absolute Gasteiger partial charge is 0.472 e. The molecule has 1 rings (SSSR count). The van der Waals surface area contributed by atoms with Gasteiger partial charge in [0.15, 0.2) is 6.61 Å². The van der Waals surface area contributed by atoms with Crippen LogP contribution in [0.3, 0.4) is 0 Å². The molecule has 1 heterocycles. The Labute approximate surface area is 110 Å². The standard InChI is InChI=1S/C12H17F2N3O2/c1-3-17(4-2)12(18)16-10-6-5-7-11(15-10)19-8-9(13)14/h5-7,9H,3-4,8H2,1-2H3,(H,15,16,18). The number of nitrogens with one attached hydrogen (secondary N) is 1. The number of hydrogen-bond acceptors (Lipinski definition) is 3. The van der Waals surface area contributed by atoms with E-state index in [1.165, 1.54) is 6.07 Å². The van der Waals surface area contributed by atoms with Crippen LogP contribution in [0.1, 0.15) is 13.8 Å². The van der Waals surface area contributed by atoms with E-state index >= 15 is 0 Å². The number of rotatable bonds is 6. The summed E-state index contributed by atoms with van der Waals surface area (Å²) < 4.78 is 28.8. The molecule has 0 saturated carbocycles. The Morgan fingerprint density at radius 2 is 2.11 bits per heavy atom. The molecule has 0 fully saturated rings. The van der Waals surface area contributed by atoms with E-state index in [0.29, 0.717) is 13.1 Å². The minimum atomic E-state index is -2.56. The fraction of sp³-hybridized carbons (Fsp3) is 0.500. The maximum Gasteiger partial charge on any atom is 0.322 e. The number of carbonyl (C=O) groups excluding carboxylic acids is 1. The van der Waals surface area contributed by atoms with Crippen molar-refractivity contribution in [2.45, 2.75) is 20.3 Å². The van der Waals surface area contributed by atoms with Gasteiger partial charge in [0.2, 0.25) is 5.88 Å². The van der Waals surface area contributed by atoms with Crippen molar-refractivity contribution in [3.8, 4) is 5.88 Å². The summed E-state index contributed by atoms with van der Waals surface area (Å²) in [5, 5.41) is 2.58. The van der Waals surface area contributed by atoms with Crippen LogP contribution in [-0.2, 0) is 0 Å². The lowest BCUT2D eigenvalue weighted by Gasteiger charge is -2.18. The smallest absolute Gasteiger partial charge is 0.322 e. The first-order chi connectivity index (χ1) is 9.06. The number of ether oxygens (including phenoxy) is 1. The van der Waals surface area contributed by atoms with Crippen molar-refractivity contribution < 1.29 is 18.3 Å². The number of anilines is 1. The SMILES string of the molecule is CCN(CC)C(=O)Nc1cccc(OCC(F)F)n1. The third-order valence-electron chi connectivity index (χ3n) is 2.37. The molecule has 0 aromatic carbocycles. The van der Waals surface area contributed by atoms with Gasteiger partial charge in [0.05, 0.1) is 0 Å². The molecule has 1 N–H and O–H groups in total. The summed E-state index contributed by atoms with van der Waals surface area (Å²) in [6, 6.07) is 4.31. The van der Waals surface area contributed by atoms with Gasteiger partial charge in [-0.05, 0) is 19.9 Å². The highest BCUT2D eigenvalue weighted by molar-refractivity contribution is 5.88. The van der Waals surface area contributed by atoms with Gasteiger partial charge >= 0.3 is 6.03 Å². The van der Waals surface area contributed by atoms with Crippen molar-refractivity contribution in [3.63, 3.8) is 0 Å². The molecule has 1 aromatic rings. The molecule has 0 aliphatic heterocycles. The molecule has 106 valence electrons. The molecule has 0 aliphatic rings. The van der Waals surface area contributed by atoms with Crippen molar-refractivity contribution in [1.29, 1.82) is 0 Å². The highest BCUT2D eigenvalue weighted by Crippen LogP contribution is 2.12. The van der Waals surface area contributed by atoms with Gasteiger partial charge in [-0.3, -0.25) is 5.32 Å². The molecule has 1 aromatic heterocycles. The quantitative estimate of drug-likeness (QED) is 0.866. The summed E-state index contributed by atoms with van der Waals surface area (Å²) in [7, 11) is 0. The molecule has 0 aliphatic carbocycles. The molecule has 0 radical (unpaired) electrons. The van der Waals surface area contributed by atoms with E-state index in [-0.39, 0.29) is 17.7 Å². The van der Waals surface area contributed by atoms with Crippen LogP contribution >= 0.6 is 0 Å². The van der Waals surface area contributed by atoms with E-state index < -0.39 is 13.0 Å². The van der Waals surface area contributed by atoms with E-state index in [2.05, 4.69) is 10.3 Å². The predicted octanol–water partition coefficient (Wildman–Crippen LogP) is 2.60. The lowest BCUT2D eigenvalue weighted by atomic mass is 10.4. The summed E-state index contributed by atoms with van der Waals surface area (Å²) >= 11 is 0. The third kappa shape index (κ3) is 5.07. The molecular weight excluding hydrogens is 256 g/mol. The molecule has 5 nitrogen and oxygen atoms in total. The molecule has 2 amide bonds. The van der Waals surface area contributed by atoms with Crippen LogP contribution in [0.5, 0.6) is 5.88 Å². The number of urea groups is 1. The number of amides is 2. The number of halogens is 2. The van der Waals surface area contributed by atoms with Gasteiger partial charge < -0.3 is 9.64 Å². The Bertz CT molecular complexity index is 412. The van der Waals surface area contributed by atoms with Gasteiger partial charge in [-0.2, -0.15) is 4.98 Å². The lowest BCUT2D eigenvalue weighted by Crippen LogP contribution is -2.34. The molecular formula is C12H17F2N3O2. The number of pyridine rings is 1. The first-order valence-electron chi connectivity index (χ1n) is 6.00. The second kappa shape index (κ2) is 7.50. The zero-order chi connectivity index (χ0) is 14.3. The van der Waals surface area contributed by atoms with E-state index in [9.17, 15) is 13.6 Å². The van der Waals surface area contributed by atoms with Crippen molar-refractivity contribution in [1.82, 2.24) is 9.88 Å². The summed E-state index contributed by atoms with van der Waals surface area (Å²) in [6.45, 7) is 4.14. The lowest BCUT2D eigenvalue weighted by molar-refractivity contribution is 0.0796. The van der Waals surface area contributed by atoms with Gasteiger partial charge in [0.1, 0.15) is 5.82 Å². The highest BCUT2D eigenvalue weighted by Gasteiger charge is 2.11. The van der Waals surface area contributed by atoms with E-state index in [0.717, 1.165) is 0 Å². The van der Waals surface area contributed by atoms with E-state index in [1.54, 1.807) is 17.0 Å². The van der Waals surface area contributed by atoms with E-state index in [4.69, 9.17) is 4.74 Å². The van der Waals surface area contributed by atoms with Gasteiger partial charge in [-0.1, -0.05) is 6.07 Å². The number of aromatic nitrogens is 1. The fourth-order valence-electron chi connectivity index (χ4n) is 1.41. The van der Waals surface area contributed by atoms with Crippen LogP contribution in [0.2, 0.25) is 0 Å². The average Bonchev–Trinajstić information content (AvgIpc) is 2.38. The molecule has 0 bridgehead atoms. The van der Waals surface area contributed by atoms with Crippen molar-refractivity contribution in [3.05, 3.63) is 18.2 Å². The first kappa shape index (κ1) is 15.1.